The molecule has 0 bridgehead atoms. The molecule has 4 rings (SSSR count). The number of carbonyl (C=O) groups excluding carboxylic acids is 1. The van der Waals surface area contributed by atoms with Crippen LogP contribution < -0.4 is 10.6 Å². The van der Waals surface area contributed by atoms with Gasteiger partial charge in [0.25, 0.3) is 12.3 Å². The Labute approximate surface area is 159 Å². The van der Waals surface area contributed by atoms with Gasteiger partial charge in [-0.05, 0) is 42.5 Å². The normalized spacial score (nSPS) is 11.1. The van der Waals surface area contributed by atoms with E-state index in [4.69, 9.17) is 0 Å². The molecular formula is C20H17F2N5O. The van der Waals surface area contributed by atoms with Crippen LogP contribution in [0.1, 0.15) is 22.5 Å². The first-order chi connectivity index (χ1) is 13.5. The van der Waals surface area contributed by atoms with Crippen LogP contribution in [-0.2, 0) is 7.05 Å². The van der Waals surface area contributed by atoms with Gasteiger partial charge in [0.2, 0.25) is 0 Å². The summed E-state index contributed by atoms with van der Waals surface area (Å²) < 4.78 is 29.2. The zero-order valence-electron chi connectivity index (χ0n) is 14.9. The number of carbonyl (C=O) groups is 1. The van der Waals surface area contributed by atoms with Crippen LogP contribution in [0.4, 0.5) is 26.0 Å². The Hall–Kier alpha value is -3.68. The quantitative estimate of drug-likeness (QED) is 0.531. The highest BCUT2D eigenvalue weighted by molar-refractivity contribution is 6.04. The zero-order valence-corrected chi connectivity index (χ0v) is 14.9. The summed E-state index contributed by atoms with van der Waals surface area (Å²) in [5, 5.41) is 6.01. The molecule has 28 heavy (non-hydrogen) atoms. The van der Waals surface area contributed by atoms with Crippen LogP contribution in [-0.4, -0.2) is 19.9 Å². The number of amides is 1. The van der Waals surface area contributed by atoms with Gasteiger partial charge in [0.15, 0.2) is 0 Å². The number of hydrogen-bond donors (Lipinski definition) is 2. The maximum atomic E-state index is 12.9. The van der Waals surface area contributed by atoms with E-state index < -0.39 is 6.43 Å². The molecule has 142 valence electrons. The van der Waals surface area contributed by atoms with E-state index in [1.165, 1.54) is 6.20 Å². The fraction of sp³-hybridized carbons (Fsp3) is 0.100. The molecule has 0 saturated heterocycles. The van der Waals surface area contributed by atoms with E-state index in [0.29, 0.717) is 22.7 Å². The van der Waals surface area contributed by atoms with E-state index >= 15 is 0 Å². The summed E-state index contributed by atoms with van der Waals surface area (Å²) in [7, 11) is 1.85. The largest absolute Gasteiger partial charge is 0.356 e. The molecule has 8 heteroatoms. The number of rotatable bonds is 5. The average Bonchev–Trinajstić information content (AvgIpc) is 3.30. The van der Waals surface area contributed by atoms with Gasteiger partial charge in [0.1, 0.15) is 17.2 Å². The van der Waals surface area contributed by atoms with Gasteiger partial charge in [0.05, 0.1) is 5.56 Å². The monoisotopic (exact) mass is 381 g/mol. The van der Waals surface area contributed by atoms with Crippen molar-refractivity contribution >= 4 is 28.7 Å². The molecule has 0 aliphatic rings. The molecule has 6 nitrogen and oxygen atoms in total. The number of halogens is 2. The summed E-state index contributed by atoms with van der Waals surface area (Å²) in [4.78, 5) is 16.1. The summed E-state index contributed by atoms with van der Waals surface area (Å²) >= 11 is 0. The van der Waals surface area contributed by atoms with Gasteiger partial charge in [-0.1, -0.05) is 6.07 Å². The van der Waals surface area contributed by atoms with E-state index in [9.17, 15) is 13.6 Å². The third-order valence-corrected chi connectivity index (χ3v) is 4.24. The van der Waals surface area contributed by atoms with E-state index in [0.717, 1.165) is 5.69 Å². The van der Waals surface area contributed by atoms with Gasteiger partial charge in [-0.25, -0.2) is 13.8 Å². The standard InChI is InChI=1S/C20H17F2N5O/c1-26-10-9-13(11-26)20(28)24-15-7-5-14(6-8-15)23-17-3-2-4-18-25-16(19(21)22)12-27(17)18/h2-12,19,23H,1H3,(H,24,28). The lowest BCUT2D eigenvalue weighted by Gasteiger charge is -2.10. The van der Waals surface area contributed by atoms with E-state index in [2.05, 4.69) is 15.6 Å². The number of nitrogens with one attached hydrogen (secondary N) is 2. The SMILES string of the molecule is Cn1ccc(C(=O)Nc2ccc(Nc3cccc4nc(C(F)F)cn34)cc2)c1. The number of benzene rings is 1. The topological polar surface area (TPSA) is 63.4 Å². The minimum Gasteiger partial charge on any atom is -0.356 e. The van der Waals surface area contributed by atoms with E-state index in [1.54, 1.807) is 69.9 Å². The number of aryl methyl sites for hydroxylation is 1. The van der Waals surface area contributed by atoms with Crippen molar-refractivity contribution in [1.82, 2.24) is 14.0 Å². The average molecular weight is 381 g/mol. The van der Waals surface area contributed by atoms with Crippen molar-refractivity contribution in [2.75, 3.05) is 10.6 Å². The second kappa shape index (κ2) is 7.15. The third kappa shape index (κ3) is 3.57. The number of anilines is 3. The third-order valence-electron chi connectivity index (χ3n) is 4.24. The lowest BCUT2D eigenvalue weighted by Crippen LogP contribution is -2.11. The van der Waals surface area contributed by atoms with Gasteiger partial charge >= 0.3 is 0 Å². The molecule has 0 aliphatic heterocycles. The van der Waals surface area contributed by atoms with Crippen molar-refractivity contribution in [1.29, 1.82) is 0 Å². The second-order valence-corrected chi connectivity index (χ2v) is 6.33. The van der Waals surface area contributed by atoms with Crippen LogP contribution in [0, 0.1) is 0 Å². The smallest absolute Gasteiger partial charge is 0.281 e. The van der Waals surface area contributed by atoms with Crippen molar-refractivity contribution in [2.45, 2.75) is 6.43 Å². The zero-order chi connectivity index (χ0) is 19.7. The van der Waals surface area contributed by atoms with Crippen molar-refractivity contribution in [3.05, 3.63) is 78.4 Å². The summed E-state index contributed by atoms with van der Waals surface area (Å²) in [6.07, 6.45) is 2.24. The van der Waals surface area contributed by atoms with Crippen LogP contribution in [0.3, 0.4) is 0 Å². The molecule has 3 heterocycles. The summed E-state index contributed by atoms with van der Waals surface area (Å²) in [5.41, 5.74) is 2.14. The highest BCUT2D eigenvalue weighted by atomic mass is 19.3. The maximum Gasteiger partial charge on any atom is 0.281 e. The molecule has 1 aromatic carbocycles. The minimum atomic E-state index is -2.62. The first-order valence-electron chi connectivity index (χ1n) is 8.56. The lowest BCUT2D eigenvalue weighted by molar-refractivity contribution is 0.102. The summed E-state index contributed by atoms with van der Waals surface area (Å²) in [5.74, 6) is 0.419. The van der Waals surface area contributed by atoms with E-state index in [-0.39, 0.29) is 11.6 Å². The van der Waals surface area contributed by atoms with Crippen LogP contribution >= 0.6 is 0 Å². The van der Waals surface area contributed by atoms with Gasteiger partial charge in [-0.3, -0.25) is 9.20 Å². The van der Waals surface area contributed by atoms with Crippen LogP contribution in [0.5, 0.6) is 0 Å². The van der Waals surface area contributed by atoms with Crippen molar-refractivity contribution in [3.63, 3.8) is 0 Å². The minimum absolute atomic E-state index is 0.191. The predicted molar refractivity (Wildman–Crippen MR) is 103 cm³/mol. The molecule has 0 aliphatic carbocycles. The molecule has 3 aromatic heterocycles. The number of alkyl halides is 2. The summed E-state index contributed by atoms with van der Waals surface area (Å²) in [6.45, 7) is 0. The molecule has 0 saturated carbocycles. The van der Waals surface area contributed by atoms with Crippen molar-refractivity contribution < 1.29 is 13.6 Å². The van der Waals surface area contributed by atoms with Crippen LogP contribution in [0.15, 0.2) is 67.1 Å². The highest BCUT2D eigenvalue weighted by Gasteiger charge is 2.13. The first kappa shape index (κ1) is 17.7. The van der Waals surface area contributed by atoms with Gasteiger partial charge in [0, 0.05) is 37.0 Å². The molecule has 2 N–H and O–H groups in total. The summed E-state index contributed by atoms with van der Waals surface area (Å²) in [6, 6.07) is 14.0. The molecule has 0 spiro atoms. The van der Waals surface area contributed by atoms with Crippen LogP contribution in [0.25, 0.3) is 5.65 Å². The number of pyridine rings is 1. The Kier molecular flexibility index (Phi) is 4.52. The predicted octanol–water partition coefficient (Wildman–Crippen LogP) is 4.61. The Morgan fingerprint density at radius 2 is 1.79 bits per heavy atom. The first-order valence-corrected chi connectivity index (χ1v) is 8.56. The fourth-order valence-corrected chi connectivity index (χ4v) is 2.86. The molecule has 0 unspecified atom stereocenters. The number of fused-ring (bicyclic) bond motifs is 1. The van der Waals surface area contributed by atoms with Crippen molar-refractivity contribution in [2.24, 2.45) is 7.05 Å². The highest BCUT2D eigenvalue weighted by Crippen LogP contribution is 2.24. The van der Waals surface area contributed by atoms with Gasteiger partial charge < -0.3 is 15.2 Å². The molecule has 0 radical (unpaired) electrons. The van der Waals surface area contributed by atoms with Crippen molar-refractivity contribution in [3.8, 4) is 0 Å². The van der Waals surface area contributed by atoms with E-state index in [1.807, 2.05) is 7.05 Å². The number of hydrogen-bond acceptors (Lipinski definition) is 3. The lowest BCUT2D eigenvalue weighted by atomic mass is 10.2. The molecule has 1 amide bonds. The Morgan fingerprint density at radius 3 is 2.46 bits per heavy atom. The Morgan fingerprint density at radius 1 is 1.04 bits per heavy atom. The number of nitrogens with zero attached hydrogens (tertiary/aromatic N) is 3. The van der Waals surface area contributed by atoms with Gasteiger partial charge in [-0.15, -0.1) is 0 Å². The molecule has 4 aromatic rings. The Bertz CT molecular complexity index is 1130. The molecule has 0 fully saturated rings. The van der Waals surface area contributed by atoms with Crippen LogP contribution in [0.2, 0.25) is 0 Å². The maximum absolute atomic E-state index is 12.9. The number of imidazole rings is 1. The second-order valence-electron chi connectivity index (χ2n) is 6.33. The van der Waals surface area contributed by atoms with Gasteiger partial charge in [-0.2, -0.15) is 0 Å². The number of aromatic nitrogens is 3. The molecule has 0 atom stereocenters. The fourth-order valence-electron chi connectivity index (χ4n) is 2.86. The molecular weight excluding hydrogens is 364 g/mol. The Balaban J connectivity index is 1.50.